The summed E-state index contributed by atoms with van der Waals surface area (Å²) in [6, 6.07) is 4.11. The van der Waals surface area contributed by atoms with E-state index < -0.39 is 24.0 Å². The molecule has 5 N–H and O–H groups in total. The van der Waals surface area contributed by atoms with E-state index in [-0.39, 0.29) is 18.5 Å². The molecule has 1 aromatic carbocycles. The Morgan fingerprint density at radius 2 is 2.11 bits per heavy atom. The lowest BCUT2D eigenvalue weighted by Crippen LogP contribution is -2.43. The summed E-state index contributed by atoms with van der Waals surface area (Å²) in [7, 11) is 0. The highest BCUT2D eigenvalue weighted by atomic mass is 79.9. The Hall–Kier alpha value is -1.60. The molecule has 102 valence electrons. The topological polar surface area (TPSA) is 110 Å². The average molecular weight is 328 g/mol. The summed E-state index contributed by atoms with van der Waals surface area (Å²) < 4.78 is 0.709. The van der Waals surface area contributed by atoms with Gasteiger partial charge in [-0.15, -0.1) is 0 Å². The quantitative estimate of drug-likeness (QED) is 0.669. The van der Waals surface area contributed by atoms with Crippen molar-refractivity contribution in [2.75, 3.05) is 12.3 Å². The second-order valence-corrected chi connectivity index (χ2v) is 5.41. The number of hydrogen-bond donors (Lipinski definition) is 3. The predicted molar refractivity (Wildman–Crippen MR) is 73.2 cm³/mol. The highest BCUT2D eigenvalue weighted by molar-refractivity contribution is 9.10. The Labute approximate surface area is 118 Å². The summed E-state index contributed by atoms with van der Waals surface area (Å²) >= 11 is 3.26. The van der Waals surface area contributed by atoms with Crippen LogP contribution in [-0.2, 0) is 4.79 Å². The molecule has 0 aliphatic carbocycles. The van der Waals surface area contributed by atoms with E-state index in [1.807, 2.05) is 0 Å². The van der Waals surface area contributed by atoms with Gasteiger partial charge in [-0.2, -0.15) is 0 Å². The molecule has 0 bridgehead atoms. The number of primary amides is 1. The summed E-state index contributed by atoms with van der Waals surface area (Å²) in [6.45, 7) is 0.0817. The fraction of sp³-hybridized carbons (Fsp3) is 0.333. The van der Waals surface area contributed by atoms with Crippen LogP contribution in [0.3, 0.4) is 0 Å². The first kappa shape index (κ1) is 13.8. The monoisotopic (exact) mass is 327 g/mol. The van der Waals surface area contributed by atoms with E-state index in [1.165, 1.54) is 4.90 Å². The number of anilines is 1. The maximum atomic E-state index is 12.4. The molecule has 0 aromatic heterocycles. The molecule has 2 amide bonds. The van der Waals surface area contributed by atoms with Crippen molar-refractivity contribution in [1.29, 1.82) is 0 Å². The summed E-state index contributed by atoms with van der Waals surface area (Å²) in [5.41, 5.74) is 11.6. The van der Waals surface area contributed by atoms with Crippen LogP contribution in [0.5, 0.6) is 0 Å². The second kappa shape index (κ2) is 5.18. The van der Waals surface area contributed by atoms with E-state index >= 15 is 0 Å². The average Bonchev–Trinajstić information content (AvgIpc) is 2.74. The largest absolute Gasteiger partial charge is 0.398 e. The molecule has 0 radical (unpaired) electrons. The highest BCUT2D eigenvalue weighted by Gasteiger charge is 2.38. The number of hydrogen-bond acceptors (Lipinski definition) is 4. The van der Waals surface area contributed by atoms with Gasteiger partial charge in [0.25, 0.3) is 5.91 Å². The Bertz CT molecular complexity index is 535. The molecule has 6 nitrogen and oxygen atoms in total. The Morgan fingerprint density at radius 3 is 2.74 bits per heavy atom. The van der Waals surface area contributed by atoms with E-state index in [4.69, 9.17) is 11.5 Å². The van der Waals surface area contributed by atoms with E-state index in [9.17, 15) is 14.7 Å². The van der Waals surface area contributed by atoms with E-state index in [0.29, 0.717) is 10.2 Å². The molecule has 0 spiro atoms. The van der Waals surface area contributed by atoms with Gasteiger partial charge in [-0.25, -0.2) is 0 Å². The molecule has 2 atom stereocenters. The van der Waals surface area contributed by atoms with Gasteiger partial charge < -0.3 is 21.5 Å². The summed E-state index contributed by atoms with van der Waals surface area (Å²) in [5, 5.41) is 9.60. The Kier molecular flexibility index (Phi) is 3.77. The number of aliphatic hydroxyl groups is 1. The van der Waals surface area contributed by atoms with Crippen molar-refractivity contribution in [3.05, 3.63) is 28.2 Å². The Morgan fingerprint density at radius 1 is 1.42 bits per heavy atom. The minimum Gasteiger partial charge on any atom is -0.398 e. The maximum absolute atomic E-state index is 12.4. The number of carbonyl (C=O) groups excluding carboxylic acids is 2. The first-order chi connectivity index (χ1) is 8.90. The number of rotatable bonds is 2. The molecule has 1 aromatic rings. The Balaban J connectivity index is 2.33. The number of likely N-dealkylation sites (tertiary alicyclic amines) is 1. The number of aliphatic hydroxyl groups excluding tert-OH is 1. The molecule has 2 rings (SSSR count). The highest BCUT2D eigenvalue weighted by Crippen LogP contribution is 2.25. The first-order valence-corrected chi connectivity index (χ1v) is 6.53. The van der Waals surface area contributed by atoms with Crippen LogP contribution in [0.2, 0.25) is 0 Å². The minimum atomic E-state index is -0.791. The van der Waals surface area contributed by atoms with Gasteiger partial charge in [0, 0.05) is 23.1 Å². The van der Waals surface area contributed by atoms with Crippen LogP contribution in [0.4, 0.5) is 5.69 Å². The van der Waals surface area contributed by atoms with Gasteiger partial charge in [-0.05, 0) is 18.2 Å². The molecule has 1 fully saturated rings. The third-order valence-corrected chi connectivity index (χ3v) is 3.61. The molecule has 1 heterocycles. The second-order valence-electron chi connectivity index (χ2n) is 4.50. The standard InChI is InChI=1S/C12H14BrN3O3/c13-6-1-2-9(14)8(3-6)12(19)16-5-7(17)4-10(16)11(15)18/h1-3,7,10,17H,4-5,14H2,(H2,15,18). The fourth-order valence-corrected chi connectivity index (χ4v) is 2.54. The minimum absolute atomic E-state index is 0.0817. The summed E-state index contributed by atoms with van der Waals surface area (Å²) in [4.78, 5) is 25.0. The van der Waals surface area contributed by atoms with Crippen LogP contribution in [0.25, 0.3) is 0 Å². The van der Waals surface area contributed by atoms with E-state index in [1.54, 1.807) is 18.2 Å². The number of benzene rings is 1. The molecule has 7 heteroatoms. The normalized spacial score (nSPS) is 22.5. The van der Waals surface area contributed by atoms with Gasteiger partial charge >= 0.3 is 0 Å². The van der Waals surface area contributed by atoms with Crippen LogP contribution in [-0.4, -0.2) is 40.5 Å². The number of halogens is 1. The van der Waals surface area contributed by atoms with Crippen molar-refractivity contribution < 1.29 is 14.7 Å². The van der Waals surface area contributed by atoms with Crippen molar-refractivity contribution in [3.8, 4) is 0 Å². The van der Waals surface area contributed by atoms with E-state index in [2.05, 4.69) is 15.9 Å². The zero-order valence-electron chi connectivity index (χ0n) is 10.0. The number of nitrogens with zero attached hydrogens (tertiary/aromatic N) is 1. The zero-order valence-corrected chi connectivity index (χ0v) is 11.6. The fourth-order valence-electron chi connectivity index (χ4n) is 2.18. The molecule has 1 aliphatic heterocycles. The molecule has 2 unspecified atom stereocenters. The van der Waals surface area contributed by atoms with Crippen LogP contribution < -0.4 is 11.5 Å². The van der Waals surface area contributed by atoms with Crippen molar-refractivity contribution in [3.63, 3.8) is 0 Å². The lowest BCUT2D eigenvalue weighted by Gasteiger charge is -2.22. The number of nitrogen functional groups attached to an aromatic ring is 1. The molecule has 1 saturated heterocycles. The van der Waals surface area contributed by atoms with Crippen LogP contribution in [0.15, 0.2) is 22.7 Å². The summed E-state index contributed by atoms with van der Waals surface area (Å²) in [6.07, 6.45) is -0.579. The molecular formula is C12H14BrN3O3. The number of β-amino-alcohol motifs (C(OH)–C–C–N with tert-alkyl or cyclic N) is 1. The zero-order chi connectivity index (χ0) is 14.2. The third-order valence-electron chi connectivity index (χ3n) is 3.11. The van der Waals surface area contributed by atoms with E-state index in [0.717, 1.165) is 0 Å². The molecule has 0 saturated carbocycles. The maximum Gasteiger partial charge on any atom is 0.256 e. The number of carbonyl (C=O) groups is 2. The lowest BCUT2D eigenvalue weighted by atomic mass is 10.1. The van der Waals surface area contributed by atoms with Crippen LogP contribution in [0.1, 0.15) is 16.8 Å². The van der Waals surface area contributed by atoms with Gasteiger partial charge in [-0.3, -0.25) is 9.59 Å². The number of nitrogens with two attached hydrogens (primary N) is 2. The number of amides is 2. The van der Waals surface area contributed by atoms with Gasteiger partial charge in [-0.1, -0.05) is 15.9 Å². The molecule has 19 heavy (non-hydrogen) atoms. The SMILES string of the molecule is NC(=O)C1CC(O)CN1C(=O)c1cc(Br)ccc1N. The lowest BCUT2D eigenvalue weighted by molar-refractivity contribution is -0.121. The van der Waals surface area contributed by atoms with Gasteiger partial charge in [0.15, 0.2) is 0 Å². The third kappa shape index (κ3) is 2.71. The van der Waals surface area contributed by atoms with Crippen molar-refractivity contribution in [2.45, 2.75) is 18.6 Å². The van der Waals surface area contributed by atoms with Crippen molar-refractivity contribution in [1.82, 2.24) is 4.90 Å². The van der Waals surface area contributed by atoms with Crippen molar-refractivity contribution >= 4 is 33.4 Å². The molecule has 1 aliphatic rings. The van der Waals surface area contributed by atoms with Gasteiger partial charge in [0.1, 0.15) is 6.04 Å². The van der Waals surface area contributed by atoms with Crippen LogP contribution in [0, 0.1) is 0 Å². The van der Waals surface area contributed by atoms with Gasteiger partial charge in [0.05, 0.1) is 11.7 Å². The molecular weight excluding hydrogens is 314 g/mol. The first-order valence-electron chi connectivity index (χ1n) is 5.73. The van der Waals surface area contributed by atoms with Crippen LogP contribution >= 0.6 is 15.9 Å². The predicted octanol–water partition coefficient (Wildman–Crippen LogP) is 0.0920. The summed E-state index contributed by atoms with van der Waals surface area (Å²) in [5.74, 6) is -1.03. The smallest absolute Gasteiger partial charge is 0.256 e. The van der Waals surface area contributed by atoms with Gasteiger partial charge in [0.2, 0.25) is 5.91 Å². The van der Waals surface area contributed by atoms with Crippen molar-refractivity contribution in [2.24, 2.45) is 5.73 Å².